The average Bonchev–Trinajstić information content (AvgIpc) is 3.21. The topological polar surface area (TPSA) is 30.3 Å². The molecule has 3 heterocycles. The fourth-order valence-corrected chi connectivity index (χ4v) is 4.37. The summed E-state index contributed by atoms with van der Waals surface area (Å²) >= 11 is 1.91. The van der Waals surface area contributed by atoms with Crippen LogP contribution in [0.15, 0.2) is 18.2 Å². The lowest BCUT2D eigenvalue weighted by Crippen LogP contribution is -2.20. The molecule has 126 valence electrons. The molecule has 0 bridgehead atoms. The third-order valence-corrected chi connectivity index (χ3v) is 5.53. The summed E-state index contributed by atoms with van der Waals surface area (Å²) < 4.78 is 7.89. The van der Waals surface area contributed by atoms with Crippen LogP contribution >= 0.6 is 11.3 Å². The first-order valence-corrected chi connectivity index (χ1v) is 9.33. The second kappa shape index (κ2) is 7.60. The Kier molecular flexibility index (Phi) is 5.51. The van der Waals surface area contributed by atoms with Gasteiger partial charge < -0.3 is 9.64 Å². The van der Waals surface area contributed by atoms with Gasteiger partial charge in [-0.25, -0.2) is 0 Å². The van der Waals surface area contributed by atoms with Crippen molar-refractivity contribution in [3.8, 4) is 0 Å². The molecule has 0 radical (unpaired) electrons. The van der Waals surface area contributed by atoms with Crippen molar-refractivity contribution in [3.05, 3.63) is 39.3 Å². The fraction of sp³-hybridized carbons (Fsp3) is 0.611. The highest BCUT2D eigenvalue weighted by Crippen LogP contribution is 2.33. The molecule has 0 spiro atoms. The van der Waals surface area contributed by atoms with Gasteiger partial charge in [-0.1, -0.05) is 0 Å². The summed E-state index contributed by atoms with van der Waals surface area (Å²) in [4.78, 5) is 5.23. The highest BCUT2D eigenvalue weighted by molar-refractivity contribution is 7.12. The van der Waals surface area contributed by atoms with Crippen LogP contribution in [0.3, 0.4) is 0 Å². The van der Waals surface area contributed by atoms with Gasteiger partial charge in [0.1, 0.15) is 0 Å². The van der Waals surface area contributed by atoms with Crippen LogP contribution in [0.4, 0.5) is 0 Å². The van der Waals surface area contributed by atoms with Crippen LogP contribution in [0.25, 0.3) is 0 Å². The molecule has 5 heteroatoms. The number of hydrogen-bond donors (Lipinski definition) is 0. The predicted octanol–water partition coefficient (Wildman–Crippen LogP) is 3.94. The Balaban J connectivity index is 1.44. The first-order chi connectivity index (χ1) is 11.1. The van der Waals surface area contributed by atoms with Crippen LogP contribution in [-0.2, 0) is 17.8 Å². The minimum Gasteiger partial charge on any atom is -0.373 e. The van der Waals surface area contributed by atoms with E-state index in [2.05, 4.69) is 53.8 Å². The molecule has 0 N–H and O–H groups in total. The maximum Gasteiger partial charge on any atom is 0.0917 e. The SMILES string of the molecule is Cc1cc(C)n(CCCN(C)Cc2ccc([C@@H]3CCCO3)s2)n1. The summed E-state index contributed by atoms with van der Waals surface area (Å²) in [5.41, 5.74) is 2.36. The predicted molar refractivity (Wildman–Crippen MR) is 94.9 cm³/mol. The zero-order valence-corrected chi connectivity index (χ0v) is 15.2. The molecule has 0 saturated carbocycles. The lowest BCUT2D eigenvalue weighted by Gasteiger charge is -2.16. The maximum absolute atomic E-state index is 5.77. The number of aromatic nitrogens is 2. The molecule has 2 aromatic heterocycles. The molecule has 1 saturated heterocycles. The van der Waals surface area contributed by atoms with E-state index in [1.165, 1.54) is 28.3 Å². The van der Waals surface area contributed by atoms with Gasteiger partial charge in [-0.05, 0) is 64.9 Å². The number of nitrogens with zero attached hydrogens (tertiary/aromatic N) is 3. The van der Waals surface area contributed by atoms with Crippen molar-refractivity contribution in [2.24, 2.45) is 0 Å². The van der Waals surface area contributed by atoms with Gasteiger partial charge in [0.2, 0.25) is 0 Å². The lowest BCUT2D eigenvalue weighted by molar-refractivity contribution is 0.114. The van der Waals surface area contributed by atoms with Crippen molar-refractivity contribution < 1.29 is 4.74 Å². The van der Waals surface area contributed by atoms with E-state index >= 15 is 0 Å². The first-order valence-electron chi connectivity index (χ1n) is 8.51. The zero-order chi connectivity index (χ0) is 16.2. The molecular formula is C18H27N3OS. The quantitative estimate of drug-likeness (QED) is 0.769. The standard InChI is InChI=1S/C18H27N3OS/c1-14-12-15(2)21(19-14)10-5-9-20(3)13-16-7-8-18(23-16)17-6-4-11-22-17/h7-8,12,17H,4-6,9-11,13H2,1-3H3/t17-/m0/s1. The minimum absolute atomic E-state index is 0.352. The van der Waals surface area contributed by atoms with Crippen LogP contribution < -0.4 is 0 Å². The van der Waals surface area contributed by atoms with Crippen molar-refractivity contribution in [3.63, 3.8) is 0 Å². The molecule has 0 unspecified atom stereocenters. The van der Waals surface area contributed by atoms with Gasteiger partial charge in [0.15, 0.2) is 0 Å². The Morgan fingerprint density at radius 2 is 2.26 bits per heavy atom. The van der Waals surface area contributed by atoms with Crippen LogP contribution in [0.5, 0.6) is 0 Å². The monoisotopic (exact) mass is 333 g/mol. The fourth-order valence-electron chi connectivity index (χ4n) is 3.19. The highest BCUT2D eigenvalue weighted by atomic mass is 32.1. The van der Waals surface area contributed by atoms with E-state index in [1.807, 2.05) is 11.3 Å². The Bertz CT molecular complexity index is 628. The molecule has 0 aliphatic carbocycles. The van der Waals surface area contributed by atoms with E-state index in [9.17, 15) is 0 Å². The number of aryl methyl sites for hydroxylation is 3. The molecule has 2 aromatic rings. The molecule has 0 aromatic carbocycles. The van der Waals surface area contributed by atoms with Crippen LogP contribution in [-0.4, -0.2) is 34.9 Å². The number of hydrogen-bond acceptors (Lipinski definition) is 4. The first kappa shape index (κ1) is 16.7. The normalized spacial score (nSPS) is 18.2. The molecule has 23 heavy (non-hydrogen) atoms. The Labute approximate surface area is 143 Å². The maximum atomic E-state index is 5.77. The van der Waals surface area contributed by atoms with E-state index in [0.717, 1.165) is 38.4 Å². The Morgan fingerprint density at radius 1 is 1.39 bits per heavy atom. The number of ether oxygens (including phenoxy) is 1. The molecule has 1 aliphatic heterocycles. The van der Waals surface area contributed by atoms with E-state index < -0.39 is 0 Å². The van der Waals surface area contributed by atoms with Crippen molar-refractivity contribution in [1.29, 1.82) is 0 Å². The minimum atomic E-state index is 0.352. The van der Waals surface area contributed by atoms with Gasteiger partial charge in [-0.3, -0.25) is 4.68 Å². The van der Waals surface area contributed by atoms with E-state index in [0.29, 0.717) is 6.10 Å². The summed E-state index contributed by atoms with van der Waals surface area (Å²) in [5.74, 6) is 0. The van der Waals surface area contributed by atoms with Crippen LogP contribution in [0.2, 0.25) is 0 Å². The van der Waals surface area contributed by atoms with Gasteiger partial charge in [0.05, 0.1) is 11.8 Å². The smallest absolute Gasteiger partial charge is 0.0917 e. The van der Waals surface area contributed by atoms with Crippen LogP contribution in [0, 0.1) is 13.8 Å². The molecule has 1 aliphatic rings. The van der Waals surface area contributed by atoms with Gasteiger partial charge in [-0.15, -0.1) is 11.3 Å². The second-order valence-electron chi connectivity index (χ2n) is 6.55. The Hall–Kier alpha value is -1.17. The Morgan fingerprint density at radius 3 is 2.96 bits per heavy atom. The van der Waals surface area contributed by atoms with Crippen molar-refractivity contribution >= 4 is 11.3 Å². The van der Waals surface area contributed by atoms with Crippen molar-refractivity contribution in [2.45, 2.75) is 52.3 Å². The molecule has 4 nitrogen and oxygen atoms in total. The van der Waals surface area contributed by atoms with Crippen molar-refractivity contribution in [2.75, 3.05) is 20.2 Å². The van der Waals surface area contributed by atoms with Crippen LogP contribution in [0.1, 0.15) is 46.5 Å². The van der Waals surface area contributed by atoms with Gasteiger partial charge in [-0.2, -0.15) is 5.10 Å². The molecule has 3 rings (SSSR count). The highest BCUT2D eigenvalue weighted by Gasteiger charge is 2.19. The van der Waals surface area contributed by atoms with E-state index in [-0.39, 0.29) is 0 Å². The third kappa shape index (κ3) is 4.43. The third-order valence-electron chi connectivity index (χ3n) is 4.37. The largest absolute Gasteiger partial charge is 0.373 e. The summed E-state index contributed by atoms with van der Waals surface area (Å²) in [7, 11) is 2.20. The molecule has 1 fully saturated rings. The van der Waals surface area contributed by atoms with Crippen molar-refractivity contribution in [1.82, 2.24) is 14.7 Å². The van der Waals surface area contributed by atoms with E-state index in [1.54, 1.807) is 0 Å². The summed E-state index contributed by atoms with van der Waals surface area (Å²) in [6.45, 7) is 8.21. The summed E-state index contributed by atoms with van der Waals surface area (Å²) in [6.07, 6.45) is 3.86. The zero-order valence-electron chi connectivity index (χ0n) is 14.4. The summed E-state index contributed by atoms with van der Waals surface area (Å²) in [6, 6.07) is 6.65. The number of thiophene rings is 1. The lowest BCUT2D eigenvalue weighted by atomic mass is 10.2. The van der Waals surface area contributed by atoms with Gasteiger partial charge in [0, 0.05) is 35.1 Å². The molecule has 0 amide bonds. The van der Waals surface area contributed by atoms with E-state index in [4.69, 9.17) is 4.74 Å². The summed E-state index contributed by atoms with van der Waals surface area (Å²) in [5, 5.41) is 4.52. The molecular weight excluding hydrogens is 306 g/mol. The second-order valence-corrected chi connectivity index (χ2v) is 7.75. The molecule has 1 atom stereocenters. The number of rotatable bonds is 7. The van der Waals surface area contributed by atoms with Gasteiger partial charge in [0.25, 0.3) is 0 Å². The van der Waals surface area contributed by atoms with Gasteiger partial charge >= 0.3 is 0 Å². The average molecular weight is 334 g/mol.